The summed E-state index contributed by atoms with van der Waals surface area (Å²) in [6, 6.07) is -1.77. The largest absolute Gasteiger partial charge is 0.480 e. The lowest BCUT2D eigenvalue weighted by atomic mass is 10.2. The Bertz CT molecular complexity index is 401. The third-order valence-electron chi connectivity index (χ3n) is 3.50. The van der Waals surface area contributed by atoms with Gasteiger partial charge in [0.2, 0.25) is 0 Å². The van der Waals surface area contributed by atoms with E-state index >= 15 is 0 Å². The second kappa shape index (κ2) is 7.82. The van der Waals surface area contributed by atoms with Crippen molar-refractivity contribution >= 4 is 18.0 Å². The number of urea groups is 1. The predicted octanol–water partition coefficient (Wildman–Crippen LogP) is -0.262. The summed E-state index contributed by atoms with van der Waals surface area (Å²) in [6.07, 6.45) is 0.433. The number of nitrogens with zero attached hydrogens (tertiary/aromatic N) is 2. The van der Waals surface area contributed by atoms with Gasteiger partial charge < -0.3 is 25.0 Å². The molecule has 0 aliphatic carbocycles. The number of carbonyl (C=O) groups excluding carboxylic acids is 2. The first-order chi connectivity index (χ1) is 9.85. The molecule has 1 aliphatic rings. The minimum Gasteiger partial charge on any atom is -0.480 e. The second-order valence-electron chi connectivity index (χ2n) is 5.28. The highest BCUT2D eigenvalue weighted by Gasteiger charge is 2.29. The molecule has 0 saturated carbocycles. The van der Waals surface area contributed by atoms with E-state index in [1.165, 1.54) is 7.11 Å². The number of likely N-dealkylation sites (N-methyl/N-ethyl adjacent to an activating group) is 1. The van der Waals surface area contributed by atoms with Crippen molar-refractivity contribution in [3.63, 3.8) is 0 Å². The highest BCUT2D eigenvalue weighted by molar-refractivity contribution is 5.86. The van der Waals surface area contributed by atoms with Crippen molar-refractivity contribution in [2.45, 2.75) is 31.8 Å². The van der Waals surface area contributed by atoms with Crippen LogP contribution >= 0.6 is 0 Å². The van der Waals surface area contributed by atoms with Gasteiger partial charge in [-0.05, 0) is 26.9 Å². The van der Waals surface area contributed by atoms with Crippen LogP contribution < -0.4 is 5.32 Å². The molecule has 0 radical (unpaired) electrons. The molecule has 2 N–H and O–H groups in total. The monoisotopic (exact) mass is 301 g/mol. The van der Waals surface area contributed by atoms with E-state index in [9.17, 15) is 14.4 Å². The highest BCUT2D eigenvalue weighted by atomic mass is 16.5. The van der Waals surface area contributed by atoms with Crippen LogP contribution in [0.5, 0.6) is 0 Å². The Morgan fingerprint density at radius 3 is 2.62 bits per heavy atom. The molecule has 8 nitrogen and oxygen atoms in total. The third kappa shape index (κ3) is 5.22. The van der Waals surface area contributed by atoms with E-state index in [4.69, 9.17) is 5.11 Å². The molecule has 0 bridgehead atoms. The van der Waals surface area contributed by atoms with Gasteiger partial charge in [-0.15, -0.1) is 0 Å². The summed E-state index contributed by atoms with van der Waals surface area (Å²) in [6.45, 7) is 4.08. The number of methoxy groups -OCH3 is 1. The molecule has 8 heteroatoms. The molecule has 21 heavy (non-hydrogen) atoms. The van der Waals surface area contributed by atoms with E-state index in [-0.39, 0.29) is 12.5 Å². The number of carbonyl (C=O) groups is 3. The summed E-state index contributed by atoms with van der Waals surface area (Å²) >= 11 is 0. The SMILES string of the molecule is COC(=O)C[C@H](NC(=O)N1CCCN(C)CC1C)C(=O)O. The van der Waals surface area contributed by atoms with E-state index in [0.29, 0.717) is 6.54 Å². The number of hydrogen-bond acceptors (Lipinski definition) is 5. The first kappa shape index (κ1) is 17.2. The van der Waals surface area contributed by atoms with E-state index in [1.807, 2.05) is 14.0 Å². The lowest BCUT2D eigenvalue weighted by molar-refractivity contribution is -0.147. The van der Waals surface area contributed by atoms with Gasteiger partial charge in [-0.3, -0.25) is 4.79 Å². The molecule has 0 spiro atoms. The van der Waals surface area contributed by atoms with E-state index in [0.717, 1.165) is 19.5 Å². The van der Waals surface area contributed by atoms with Crippen molar-refractivity contribution in [1.82, 2.24) is 15.1 Å². The van der Waals surface area contributed by atoms with Gasteiger partial charge in [0.05, 0.1) is 13.5 Å². The molecule has 1 aliphatic heterocycles. The van der Waals surface area contributed by atoms with E-state index in [1.54, 1.807) is 4.90 Å². The van der Waals surface area contributed by atoms with Crippen molar-refractivity contribution < 1.29 is 24.2 Å². The molecular formula is C13H23N3O5. The average molecular weight is 301 g/mol. The van der Waals surface area contributed by atoms with E-state index in [2.05, 4.69) is 15.0 Å². The summed E-state index contributed by atoms with van der Waals surface area (Å²) in [5.74, 6) is -1.93. The normalized spacial score (nSPS) is 21.3. The van der Waals surface area contributed by atoms with Crippen molar-refractivity contribution in [3.05, 3.63) is 0 Å². The summed E-state index contributed by atoms with van der Waals surface area (Å²) in [5.41, 5.74) is 0. The molecular weight excluding hydrogens is 278 g/mol. The Morgan fingerprint density at radius 2 is 2.05 bits per heavy atom. The molecule has 2 amide bonds. The first-order valence-electron chi connectivity index (χ1n) is 6.90. The van der Waals surface area contributed by atoms with Crippen molar-refractivity contribution in [2.24, 2.45) is 0 Å². The second-order valence-corrected chi connectivity index (χ2v) is 5.28. The van der Waals surface area contributed by atoms with Crippen LogP contribution in [0.15, 0.2) is 0 Å². The summed E-state index contributed by atoms with van der Waals surface area (Å²) < 4.78 is 4.44. The molecule has 1 fully saturated rings. The van der Waals surface area contributed by atoms with Crippen LogP contribution in [0.4, 0.5) is 4.79 Å². The van der Waals surface area contributed by atoms with Crippen LogP contribution in [0.2, 0.25) is 0 Å². The molecule has 1 heterocycles. The predicted molar refractivity (Wildman–Crippen MR) is 74.9 cm³/mol. The molecule has 0 aromatic carbocycles. The lowest BCUT2D eigenvalue weighted by Crippen LogP contribution is -2.52. The molecule has 0 aromatic heterocycles. The highest BCUT2D eigenvalue weighted by Crippen LogP contribution is 2.09. The summed E-state index contributed by atoms with van der Waals surface area (Å²) in [5, 5.41) is 11.5. The first-order valence-corrected chi connectivity index (χ1v) is 6.90. The maximum atomic E-state index is 12.2. The van der Waals surface area contributed by atoms with Crippen LogP contribution in [-0.2, 0) is 14.3 Å². The van der Waals surface area contributed by atoms with Crippen LogP contribution in [0, 0.1) is 0 Å². The Balaban J connectivity index is 2.67. The fourth-order valence-electron chi connectivity index (χ4n) is 2.36. The van der Waals surface area contributed by atoms with Gasteiger partial charge in [-0.1, -0.05) is 0 Å². The van der Waals surface area contributed by atoms with E-state index < -0.39 is 24.0 Å². The van der Waals surface area contributed by atoms with Gasteiger partial charge in [-0.25, -0.2) is 9.59 Å². The van der Waals surface area contributed by atoms with Gasteiger partial charge >= 0.3 is 18.0 Å². The van der Waals surface area contributed by atoms with Crippen LogP contribution in [0.3, 0.4) is 0 Å². The number of amides is 2. The van der Waals surface area contributed by atoms with Crippen molar-refractivity contribution in [1.29, 1.82) is 0 Å². The standard InChI is InChI=1S/C13H23N3O5/c1-9-8-15(2)5-4-6-16(9)13(20)14-10(12(18)19)7-11(17)21-3/h9-10H,4-8H2,1-3H3,(H,14,20)(H,18,19)/t9?,10-/m0/s1. The zero-order valence-corrected chi connectivity index (χ0v) is 12.7. The van der Waals surface area contributed by atoms with Crippen LogP contribution in [-0.4, -0.2) is 78.8 Å². The Morgan fingerprint density at radius 1 is 1.38 bits per heavy atom. The number of carboxylic acids is 1. The van der Waals surface area contributed by atoms with Crippen LogP contribution in [0.1, 0.15) is 19.8 Å². The summed E-state index contributed by atoms with van der Waals surface area (Å²) in [7, 11) is 3.16. The molecule has 1 saturated heterocycles. The Hall–Kier alpha value is -1.83. The number of nitrogens with one attached hydrogen (secondary N) is 1. The molecule has 1 unspecified atom stereocenters. The maximum absolute atomic E-state index is 12.2. The number of hydrogen-bond donors (Lipinski definition) is 2. The minimum absolute atomic E-state index is 0.0231. The van der Waals surface area contributed by atoms with Crippen molar-refractivity contribution in [2.75, 3.05) is 33.8 Å². The zero-order valence-electron chi connectivity index (χ0n) is 12.7. The fourth-order valence-corrected chi connectivity index (χ4v) is 2.36. The van der Waals surface area contributed by atoms with Gasteiger partial charge in [-0.2, -0.15) is 0 Å². The Kier molecular flexibility index (Phi) is 6.41. The number of ether oxygens (including phenoxy) is 1. The topological polar surface area (TPSA) is 99.2 Å². The number of esters is 1. The molecule has 1 rings (SSSR count). The van der Waals surface area contributed by atoms with Gasteiger partial charge in [0.1, 0.15) is 6.04 Å². The fraction of sp³-hybridized carbons (Fsp3) is 0.769. The Labute approximate surface area is 124 Å². The van der Waals surface area contributed by atoms with Gasteiger partial charge in [0.25, 0.3) is 0 Å². The minimum atomic E-state index is -1.28. The number of rotatable bonds is 4. The average Bonchev–Trinajstić information content (AvgIpc) is 2.58. The number of aliphatic carboxylic acids is 1. The van der Waals surface area contributed by atoms with Crippen molar-refractivity contribution in [3.8, 4) is 0 Å². The number of carboxylic acid groups (broad SMARTS) is 1. The molecule has 0 aromatic rings. The van der Waals surface area contributed by atoms with Gasteiger partial charge in [0, 0.05) is 19.1 Å². The lowest BCUT2D eigenvalue weighted by Gasteiger charge is -2.29. The molecule has 120 valence electrons. The third-order valence-corrected chi connectivity index (χ3v) is 3.50. The van der Waals surface area contributed by atoms with Crippen LogP contribution in [0.25, 0.3) is 0 Å². The quantitative estimate of drug-likeness (QED) is 0.694. The maximum Gasteiger partial charge on any atom is 0.326 e. The zero-order chi connectivity index (χ0) is 16.0. The summed E-state index contributed by atoms with van der Waals surface area (Å²) in [4.78, 5) is 38.3. The molecule has 2 atom stereocenters. The van der Waals surface area contributed by atoms with Gasteiger partial charge in [0.15, 0.2) is 0 Å². The smallest absolute Gasteiger partial charge is 0.326 e.